The monoisotopic (exact) mass is 1170 g/mol. The molecule has 0 unspecified atom stereocenters. The lowest BCUT2D eigenvalue weighted by atomic mass is 9.36. The van der Waals surface area contributed by atoms with Crippen LogP contribution < -0.4 is 74.7 Å². The first-order valence-corrected chi connectivity index (χ1v) is 32.8. The molecule has 0 N–H and O–H groups in total. The van der Waals surface area contributed by atoms with Gasteiger partial charge in [-0.2, -0.15) is 22.7 Å². The standard InChI is InChI=1S/C75H54B3N3O3S3/c1-41-21-18-22-42(2)62(41)47-35-55-65-56(36-47)80(51-29-12-9-13-30-51)68-70-74(86-72(68)76(65)52-31-14-16-33-54(52)79(55)50-27-10-8-11-28-50)78-67-60(83-70)39-49(64-45(5)25-20-26-46(64)6)40-61(67)84-71-69-73(87-75(71)78)77-53-32-15-17-34-58(53)82-59-38-48(37-57(66(59)77)81(69)85-7)63-43(3)23-19-24-44(63)4/h8-40H,1-7H3. The van der Waals surface area contributed by atoms with Gasteiger partial charge in [0.05, 0.1) is 11.4 Å². The Hall–Kier alpha value is -9.06. The van der Waals surface area contributed by atoms with Gasteiger partial charge in [-0.25, -0.2) is 0 Å². The summed E-state index contributed by atoms with van der Waals surface area (Å²) >= 11 is 5.57. The van der Waals surface area contributed by atoms with Crippen molar-refractivity contribution in [2.45, 2.75) is 41.5 Å². The lowest BCUT2D eigenvalue weighted by Gasteiger charge is -2.43. The highest BCUT2D eigenvalue weighted by Crippen LogP contribution is 2.55. The summed E-state index contributed by atoms with van der Waals surface area (Å²) in [5.74, 6) is 5.24. The number of ether oxygens (including phenoxy) is 3. The third-order valence-electron chi connectivity index (χ3n) is 19.1. The summed E-state index contributed by atoms with van der Waals surface area (Å²) < 4.78 is 30.1. The first-order chi connectivity index (χ1) is 42.6. The van der Waals surface area contributed by atoms with Crippen LogP contribution in [0, 0.1) is 41.5 Å². The molecule has 12 heteroatoms. The molecule has 414 valence electrons. The molecule has 10 aromatic carbocycles. The summed E-state index contributed by atoms with van der Waals surface area (Å²) in [6, 6.07) is 73.9. The van der Waals surface area contributed by atoms with E-state index in [0.29, 0.717) is 0 Å². The van der Waals surface area contributed by atoms with Crippen LogP contribution in [0.15, 0.2) is 200 Å². The quantitative estimate of drug-likeness (QED) is 0.121. The van der Waals surface area contributed by atoms with Gasteiger partial charge >= 0.3 is 0 Å². The highest BCUT2D eigenvalue weighted by Gasteiger charge is 2.54. The van der Waals surface area contributed by atoms with Crippen molar-refractivity contribution in [1.82, 2.24) is 0 Å². The van der Waals surface area contributed by atoms with Crippen molar-refractivity contribution in [3.8, 4) is 67.9 Å². The number of para-hydroxylation sites is 4. The van der Waals surface area contributed by atoms with Gasteiger partial charge in [-0.1, -0.05) is 127 Å². The maximum atomic E-state index is 7.89. The maximum absolute atomic E-state index is 7.89. The highest BCUT2D eigenvalue weighted by atomic mass is 32.2. The lowest BCUT2D eigenvalue weighted by Crippen LogP contribution is -2.60. The normalized spacial score (nSPS) is 13.9. The molecule has 0 bridgehead atoms. The second kappa shape index (κ2) is 19.0. The van der Waals surface area contributed by atoms with Crippen molar-refractivity contribution >= 4 is 147 Å². The van der Waals surface area contributed by atoms with E-state index in [1.807, 2.05) is 22.7 Å². The molecule has 0 aliphatic carbocycles. The first-order valence-electron chi connectivity index (χ1n) is 29.9. The zero-order valence-corrected chi connectivity index (χ0v) is 51.5. The van der Waals surface area contributed by atoms with Gasteiger partial charge in [0.2, 0.25) is 0 Å². The summed E-state index contributed by atoms with van der Waals surface area (Å²) in [6.45, 7) is 12.9. The molecule has 0 saturated carbocycles. The number of hydrogen-bond donors (Lipinski definition) is 0. The van der Waals surface area contributed by atoms with E-state index in [0.717, 1.165) is 90.7 Å². The number of fused-ring (bicyclic) bond motifs is 14. The molecule has 0 amide bonds. The molecule has 8 heterocycles. The van der Waals surface area contributed by atoms with Crippen LogP contribution in [0.5, 0.6) is 34.5 Å². The molecule has 87 heavy (non-hydrogen) atoms. The number of hydrogen-bond acceptors (Lipinski definition) is 9. The van der Waals surface area contributed by atoms with Crippen LogP contribution in [-0.4, -0.2) is 26.4 Å². The number of thiophene rings is 2. The minimum Gasteiger partial charge on any atom is -0.458 e. The van der Waals surface area contributed by atoms with Gasteiger partial charge in [-0.05, 0) is 215 Å². The Kier molecular flexibility index (Phi) is 11.2. The minimum atomic E-state index is -0.225. The van der Waals surface area contributed by atoms with Crippen LogP contribution in [0.1, 0.15) is 33.4 Å². The van der Waals surface area contributed by atoms with Crippen LogP contribution >= 0.6 is 34.6 Å². The Labute approximate surface area is 520 Å². The fraction of sp³-hybridized carbons (Fsp3) is 0.0933. The lowest BCUT2D eigenvalue weighted by molar-refractivity contribution is 0.468. The van der Waals surface area contributed by atoms with Gasteiger partial charge < -0.3 is 24.0 Å². The van der Waals surface area contributed by atoms with Crippen molar-refractivity contribution in [3.05, 3.63) is 234 Å². The summed E-state index contributed by atoms with van der Waals surface area (Å²) in [5, 5.41) is 0. The Balaban J connectivity index is 0.936. The SMILES string of the molecule is CSN1c2cc(-c3c(C)cccc3C)cc3c2B(c2ccccc2O3)c2sc3c(c21)Oc1cc(-c2c(C)cccc2C)cc2c1B3c1sc3c(c1O2)N(c1ccccc1)c1cc(-c2c(C)cccc2C)cc2c1B3c1ccccc1N2c1ccccc1. The molecule has 0 atom stereocenters. The van der Waals surface area contributed by atoms with Gasteiger partial charge in [0, 0.05) is 59.3 Å². The van der Waals surface area contributed by atoms with Gasteiger partial charge in [0.15, 0.2) is 11.5 Å². The molecule has 0 saturated heterocycles. The predicted octanol–water partition coefficient (Wildman–Crippen LogP) is 14.8. The number of aryl methyl sites for hydroxylation is 6. The van der Waals surface area contributed by atoms with Crippen molar-refractivity contribution < 1.29 is 14.2 Å². The van der Waals surface area contributed by atoms with Crippen molar-refractivity contribution in [2.24, 2.45) is 0 Å². The average molecular weight is 1170 g/mol. The Bertz CT molecular complexity index is 4920. The number of anilines is 8. The topological polar surface area (TPSA) is 37.4 Å². The molecule has 0 spiro atoms. The molecule has 2 aromatic heterocycles. The number of benzene rings is 10. The molecule has 0 radical (unpaired) electrons. The van der Waals surface area contributed by atoms with E-state index in [-0.39, 0.29) is 20.1 Å². The minimum absolute atomic E-state index is 0.105. The fourth-order valence-electron chi connectivity index (χ4n) is 15.6. The van der Waals surface area contributed by atoms with Crippen LogP contribution in [0.3, 0.4) is 0 Å². The smallest absolute Gasteiger partial charge is 0.285 e. The van der Waals surface area contributed by atoms with E-state index in [1.54, 1.807) is 11.9 Å². The molecule has 18 rings (SSSR count). The fourth-order valence-corrected chi connectivity index (χ4v) is 19.4. The van der Waals surface area contributed by atoms with Crippen molar-refractivity contribution in [1.29, 1.82) is 0 Å². The number of nitrogens with zero attached hydrogens (tertiary/aromatic N) is 3. The van der Waals surface area contributed by atoms with E-state index in [2.05, 4.69) is 262 Å². The first kappa shape index (κ1) is 51.2. The Morgan fingerprint density at radius 3 is 1.36 bits per heavy atom. The molecular weight excluding hydrogens is 1120 g/mol. The van der Waals surface area contributed by atoms with Crippen molar-refractivity contribution in [2.75, 3.05) is 20.4 Å². The molecule has 6 aliphatic heterocycles. The molecule has 6 aliphatic rings. The Morgan fingerprint density at radius 2 is 0.782 bits per heavy atom. The maximum Gasteiger partial charge on any atom is 0.285 e. The summed E-state index contributed by atoms with van der Waals surface area (Å²) in [6.07, 6.45) is 2.20. The van der Waals surface area contributed by atoms with Gasteiger partial charge in [-0.3, -0.25) is 4.31 Å². The van der Waals surface area contributed by atoms with Crippen molar-refractivity contribution in [3.63, 3.8) is 0 Å². The van der Waals surface area contributed by atoms with E-state index in [9.17, 15) is 0 Å². The van der Waals surface area contributed by atoms with Crippen LogP contribution in [0.4, 0.5) is 45.5 Å². The molecular formula is C75H54B3N3O3S3. The Morgan fingerprint density at radius 1 is 0.345 bits per heavy atom. The zero-order chi connectivity index (χ0) is 58.2. The van der Waals surface area contributed by atoms with Crippen LogP contribution in [0.2, 0.25) is 0 Å². The summed E-state index contributed by atoms with van der Waals surface area (Å²) in [4.78, 5) is 5.06. The van der Waals surface area contributed by atoms with E-state index in [1.165, 1.54) is 103 Å². The van der Waals surface area contributed by atoms with Gasteiger partial charge in [0.25, 0.3) is 20.1 Å². The van der Waals surface area contributed by atoms with Crippen LogP contribution in [-0.2, 0) is 0 Å². The van der Waals surface area contributed by atoms with E-state index in [4.69, 9.17) is 14.2 Å². The third-order valence-corrected chi connectivity index (χ3v) is 22.4. The molecule has 12 aromatic rings. The summed E-state index contributed by atoms with van der Waals surface area (Å²) in [5.41, 5.74) is 29.4. The number of rotatable bonds is 6. The third kappa shape index (κ3) is 7.20. The highest BCUT2D eigenvalue weighted by molar-refractivity contribution is 8.00. The largest absolute Gasteiger partial charge is 0.458 e. The van der Waals surface area contributed by atoms with Gasteiger partial charge in [0.1, 0.15) is 28.7 Å². The average Bonchev–Trinajstić information content (AvgIpc) is 1.65. The van der Waals surface area contributed by atoms with E-state index < -0.39 is 0 Å². The molecule has 0 fully saturated rings. The second-order valence-electron chi connectivity index (χ2n) is 24.1. The van der Waals surface area contributed by atoms with Crippen LogP contribution in [0.25, 0.3) is 33.4 Å². The van der Waals surface area contributed by atoms with Gasteiger partial charge in [-0.15, -0.1) is 0 Å². The second-order valence-corrected chi connectivity index (χ2v) is 27.0. The predicted molar refractivity (Wildman–Crippen MR) is 372 cm³/mol. The molecule has 6 nitrogen and oxygen atoms in total. The van der Waals surface area contributed by atoms with E-state index >= 15 is 0 Å². The zero-order valence-electron chi connectivity index (χ0n) is 49.1. The summed E-state index contributed by atoms with van der Waals surface area (Å²) in [7, 11) is 0.